The van der Waals surface area contributed by atoms with Crippen molar-refractivity contribution in [1.82, 2.24) is 15.6 Å². The lowest BCUT2D eigenvalue weighted by atomic mass is 10.0. The van der Waals surface area contributed by atoms with E-state index in [-0.39, 0.29) is 13.1 Å². The number of nitrogens with zero attached hydrogens (tertiary/aromatic N) is 1. The standard InChI is InChI=1S/C12H19N3O4/c1-3-4-9(11(16)17)6-14-12(18)15-7-10-13-5-8(2)19-10/h5,9H,3-4,6-7H2,1-2H3,(H,16,17)(H2,14,15,18). The normalized spacial score (nSPS) is 11.9. The number of oxazole rings is 1. The number of aliphatic carboxylic acids is 1. The summed E-state index contributed by atoms with van der Waals surface area (Å²) in [4.78, 5) is 26.3. The van der Waals surface area contributed by atoms with E-state index in [9.17, 15) is 9.59 Å². The molecule has 0 aromatic carbocycles. The number of carboxylic acids is 1. The summed E-state index contributed by atoms with van der Waals surface area (Å²) in [6.07, 6.45) is 2.86. The van der Waals surface area contributed by atoms with E-state index in [1.165, 1.54) is 0 Å². The van der Waals surface area contributed by atoms with Crippen LogP contribution >= 0.6 is 0 Å². The first-order valence-corrected chi connectivity index (χ1v) is 6.18. The lowest BCUT2D eigenvalue weighted by Gasteiger charge is -2.12. The summed E-state index contributed by atoms with van der Waals surface area (Å²) in [7, 11) is 0. The van der Waals surface area contributed by atoms with Gasteiger partial charge in [0.05, 0.1) is 18.7 Å². The monoisotopic (exact) mass is 269 g/mol. The molecule has 3 N–H and O–H groups in total. The van der Waals surface area contributed by atoms with Gasteiger partial charge in [0, 0.05) is 6.54 Å². The molecule has 7 nitrogen and oxygen atoms in total. The van der Waals surface area contributed by atoms with Gasteiger partial charge in [-0.3, -0.25) is 4.79 Å². The molecule has 0 saturated heterocycles. The molecular formula is C12H19N3O4. The van der Waals surface area contributed by atoms with Crippen LogP contribution in [-0.2, 0) is 11.3 Å². The number of carbonyl (C=O) groups is 2. The second-order valence-corrected chi connectivity index (χ2v) is 4.25. The van der Waals surface area contributed by atoms with Gasteiger partial charge < -0.3 is 20.2 Å². The first-order chi connectivity index (χ1) is 9.02. The molecule has 19 heavy (non-hydrogen) atoms. The van der Waals surface area contributed by atoms with Crippen molar-refractivity contribution in [2.75, 3.05) is 6.54 Å². The number of rotatable bonds is 7. The summed E-state index contributed by atoms with van der Waals surface area (Å²) in [5.74, 6) is -0.368. The molecule has 0 spiro atoms. The summed E-state index contributed by atoms with van der Waals surface area (Å²) in [5.41, 5.74) is 0. The topological polar surface area (TPSA) is 104 Å². The van der Waals surface area contributed by atoms with Gasteiger partial charge in [-0.2, -0.15) is 0 Å². The largest absolute Gasteiger partial charge is 0.481 e. The molecule has 0 radical (unpaired) electrons. The Kier molecular flexibility index (Phi) is 5.84. The van der Waals surface area contributed by atoms with E-state index in [4.69, 9.17) is 9.52 Å². The van der Waals surface area contributed by atoms with Gasteiger partial charge in [0.25, 0.3) is 0 Å². The number of carboxylic acid groups (broad SMARTS) is 1. The van der Waals surface area contributed by atoms with Crippen molar-refractivity contribution < 1.29 is 19.1 Å². The molecule has 0 bridgehead atoms. The Labute approximate surface area is 111 Å². The quantitative estimate of drug-likeness (QED) is 0.691. The third kappa shape index (κ3) is 5.41. The number of amides is 2. The van der Waals surface area contributed by atoms with Crippen LogP contribution in [0.25, 0.3) is 0 Å². The third-order valence-electron chi connectivity index (χ3n) is 2.56. The van der Waals surface area contributed by atoms with Crippen molar-refractivity contribution in [2.45, 2.75) is 33.2 Å². The van der Waals surface area contributed by atoms with Crippen molar-refractivity contribution in [2.24, 2.45) is 5.92 Å². The summed E-state index contributed by atoms with van der Waals surface area (Å²) in [6, 6.07) is -0.432. The molecule has 0 saturated carbocycles. The molecule has 1 unspecified atom stereocenters. The molecule has 1 atom stereocenters. The Bertz CT molecular complexity index is 430. The molecule has 0 aliphatic carbocycles. The van der Waals surface area contributed by atoms with Gasteiger partial charge in [-0.1, -0.05) is 13.3 Å². The highest BCUT2D eigenvalue weighted by atomic mass is 16.4. The Hall–Kier alpha value is -2.05. The van der Waals surface area contributed by atoms with Crippen molar-refractivity contribution in [1.29, 1.82) is 0 Å². The maximum Gasteiger partial charge on any atom is 0.315 e. The van der Waals surface area contributed by atoms with Crippen LogP contribution in [0.2, 0.25) is 0 Å². The van der Waals surface area contributed by atoms with Gasteiger partial charge >= 0.3 is 12.0 Å². The summed E-state index contributed by atoms with van der Waals surface area (Å²) in [5, 5.41) is 14.0. The minimum Gasteiger partial charge on any atom is -0.481 e. The van der Waals surface area contributed by atoms with Crippen LogP contribution in [0.5, 0.6) is 0 Å². The van der Waals surface area contributed by atoms with E-state index < -0.39 is 17.9 Å². The Morgan fingerprint density at radius 2 is 2.21 bits per heavy atom. The van der Waals surface area contributed by atoms with Crippen molar-refractivity contribution in [3.63, 3.8) is 0 Å². The fraction of sp³-hybridized carbons (Fsp3) is 0.583. The first kappa shape index (κ1) is 15.0. The Morgan fingerprint density at radius 3 is 2.74 bits per heavy atom. The first-order valence-electron chi connectivity index (χ1n) is 6.18. The molecule has 7 heteroatoms. The predicted molar refractivity (Wildman–Crippen MR) is 67.5 cm³/mol. The fourth-order valence-corrected chi connectivity index (χ4v) is 1.58. The molecule has 1 aromatic rings. The van der Waals surface area contributed by atoms with Crippen LogP contribution < -0.4 is 10.6 Å². The summed E-state index contributed by atoms with van der Waals surface area (Å²) in [6.45, 7) is 3.95. The highest BCUT2D eigenvalue weighted by molar-refractivity contribution is 5.75. The van der Waals surface area contributed by atoms with E-state index >= 15 is 0 Å². The average Bonchev–Trinajstić information content (AvgIpc) is 2.77. The van der Waals surface area contributed by atoms with E-state index in [2.05, 4.69) is 15.6 Å². The van der Waals surface area contributed by atoms with E-state index in [1.54, 1.807) is 13.1 Å². The molecule has 1 rings (SSSR count). The fourth-order valence-electron chi connectivity index (χ4n) is 1.58. The zero-order valence-corrected chi connectivity index (χ0v) is 11.1. The van der Waals surface area contributed by atoms with E-state index in [0.717, 1.165) is 6.42 Å². The number of aryl methyl sites for hydroxylation is 1. The Balaban J connectivity index is 2.28. The van der Waals surface area contributed by atoms with Gasteiger partial charge in [-0.25, -0.2) is 9.78 Å². The van der Waals surface area contributed by atoms with Crippen LogP contribution in [0.4, 0.5) is 4.79 Å². The minimum atomic E-state index is -0.898. The lowest BCUT2D eigenvalue weighted by Crippen LogP contribution is -2.39. The second-order valence-electron chi connectivity index (χ2n) is 4.25. The van der Waals surface area contributed by atoms with Crippen LogP contribution in [-0.4, -0.2) is 28.6 Å². The molecule has 106 valence electrons. The van der Waals surface area contributed by atoms with Gasteiger partial charge in [-0.15, -0.1) is 0 Å². The van der Waals surface area contributed by atoms with Crippen molar-refractivity contribution >= 4 is 12.0 Å². The maximum atomic E-state index is 11.5. The zero-order chi connectivity index (χ0) is 14.3. The minimum absolute atomic E-state index is 0.111. The number of hydrogen-bond donors (Lipinski definition) is 3. The van der Waals surface area contributed by atoms with Crippen molar-refractivity contribution in [3.8, 4) is 0 Å². The third-order valence-corrected chi connectivity index (χ3v) is 2.56. The molecular weight excluding hydrogens is 250 g/mol. The second kappa shape index (κ2) is 7.40. The van der Waals surface area contributed by atoms with Crippen LogP contribution in [0.1, 0.15) is 31.4 Å². The van der Waals surface area contributed by atoms with Gasteiger partial charge in [0.2, 0.25) is 5.89 Å². The van der Waals surface area contributed by atoms with Crippen LogP contribution in [0.3, 0.4) is 0 Å². The molecule has 1 aromatic heterocycles. The Morgan fingerprint density at radius 1 is 1.47 bits per heavy atom. The average molecular weight is 269 g/mol. The predicted octanol–water partition coefficient (Wildman–Crippen LogP) is 1.28. The van der Waals surface area contributed by atoms with E-state index in [1.807, 2.05) is 6.92 Å². The van der Waals surface area contributed by atoms with Gasteiger partial charge in [-0.05, 0) is 13.3 Å². The SMILES string of the molecule is CCCC(CNC(=O)NCc1ncc(C)o1)C(=O)O. The van der Waals surface area contributed by atoms with E-state index in [0.29, 0.717) is 18.1 Å². The van der Waals surface area contributed by atoms with Crippen LogP contribution in [0.15, 0.2) is 10.6 Å². The number of urea groups is 1. The zero-order valence-electron chi connectivity index (χ0n) is 11.1. The summed E-state index contributed by atoms with van der Waals surface area (Å²) >= 11 is 0. The van der Waals surface area contributed by atoms with Crippen LogP contribution in [0, 0.1) is 12.8 Å². The van der Waals surface area contributed by atoms with Gasteiger partial charge in [0.1, 0.15) is 5.76 Å². The number of carbonyl (C=O) groups excluding carboxylic acids is 1. The lowest BCUT2D eigenvalue weighted by molar-refractivity contribution is -0.141. The smallest absolute Gasteiger partial charge is 0.315 e. The number of aromatic nitrogens is 1. The highest BCUT2D eigenvalue weighted by Crippen LogP contribution is 2.05. The molecule has 0 aliphatic heterocycles. The molecule has 0 aliphatic rings. The highest BCUT2D eigenvalue weighted by Gasteiger charge is 2.17. The molecule has 2 amide bonds. The maximum absolute atomic E-state index is 11.5. The molecule has 1 heterocycles. The number of nitrogens with one attached hydrogen (secondary N) is 2. The molecule has 0 fully saturated rings. The van der Waals surface area contributed by atoms with Crippen molar-refractivity contribution in [3.05, 3.63) is 17.8 Å². The van der Waals surface area contributed by atoms with Gasteiger partial charge in [0.15, 0.2) is 0 Å². The number of hydrogen-bond acceptors (Lipinski definition) is 4. The summed E-state index contributed by atoms with van der Waals surface area (Å²) < 4.78 is 5.19.